The number of rotatable bonds is 2. The Hall–Kier alpha value is -0.640. The first-order valence-electron chi connectivity index (χ1n) is 3.13. The molecule has 2 N–H and O–H groups in total. The number of pyridine rings is 1. The van der Waals surface area contributed by atoms with Gasteiger partial charge in [0.05, 0.1) is 18.9 Å². The number of aliphatic hydroxyl groups excluding tert-OH is 2. The summed E-state index contributed by atoms with van der Waals surface area (Å²) in [5.41, 5.74) is 1.13. The third kappa shape index (κ3) is 2.15. The molecule has 0 aliphatic rings. The maximum absolute atomic E-state index is 8.71. The highest BCUT2D eigenvalue weighted by Gasteiger charge is 1.98. The molecule has 0 amide bonds. The van der Waals surface area contributed by atoms with Crippen LogP contribution in [0.2, 0.25) is 5.15 Å². The van der Waals surface area contributed by atoms with Crippen molar-refractivity contribution in [1.29, 1.82) is 0 Å². The van der Waals surface area contributed by atoms with Crippen LogP contribution in [0, 0.1) is 0 Å². The van der Waals surface area contributed by atoms with Gasteiger partial charge >= 0.3 is 0 Å². The fraction of sp³-hybridized carbons (Fsp3) is 0.286. The smallest absolute Gasteiger partial charge is 0.129 e. The molecule has 60 valence electrons. The van der Waals surface area contributed by atoms with Crippen molar-refractivity contribution in [3.8, 4) is 0 Å². The lowest BCUT2D eigenvalue weighted by Crippen LogP contribution is -1.93. The molecule has 0 aromatic carbocycles. The molecule has 0 atom stereocenters. The second-order valence-electron chi connectivity index (χ2n) is 2.11. The molecule has 11 heavy (non-hydrogen) atoms. The van der Waals surface area contributed by atoms with Crippen molar-refractivity contribution in [3.63, 3.8) is 0 Å². The van der Waals surface area contributed by atoms with Gasteiger partial charge < -0.3 is 10.2 Å². The molecule has 0 spiro atoms. The molecule has 0 aliphatic carbocycles. The summed E-state index contributed by atoms with van der Waals surface area (Å²) in [7, 11) is 0. The van der Waals surface area contributed by atoms with Crippen molar-refractivity contribution in [2.24, 2.45) is 0 Å². The zero-order valence-electron chi connectivity index (χ0n) is 5.79. The highest BCUT2D eigenvalue weighted by Crippen LogP contribution is 2.10. The van der Waals surface area contributed by atoms with Crippen molar-refractivity contribution in [3.05, 3.63) is 28.5 Å². The van der Waals surface area contributed by atoms with Crippen LogP contribution in [-0.4, -0.2) is 15.2 Å². The SMILES string of the molecule is OCc1cc(Cl)nc(CO)c1. The topological polar surface area (TPSA) is 53.4 Å². The summed E-state index contributed by atoms with van der Waals surface area (Å²) in [5.74, 6) is 0. The van der Waals surface area contributed by atoms with Gasteiger partial charge in [-0.1, -0.05) is 11.6 Å². The lowest BCUT2D eigenvalue weighted by molar-refractivity contribution is 0.271. The van der Waals surface area contributed by atoms with Crippen molar-refractivity contribution in [1.82, 2.24) is 4.98 Å². The summed E-state index contributed by atoms with van der Waals surface area (Å²) < 4.78 is 0. The zero-order valence-corrected chi connectivity index (χ0v) is 6.54. The first-order chi connectivity index (χ1) is 5.26. The molecule has 1 rings (SSSR count). The van der Waals surface area contributed by atoms with E-state index in [-0.39, 0.29) is 13.2 Å². The summed E-state index contributed by atoms with van der Waals surface area (Å²) in [6, 6.07) is 3.16. The monoisotopic (exact) mass is 173 g/mol. The van der Waals surface area contributed by atoms with Gasteiger partial charge in [0.25, 0.3) is 0 Å². The molecular weight excluding hydrogens is 166 g/mol. The van der Waals surface area contributed by atoms with Crippen LogP contribution in [0.1, 0.15) is 11.3 Å². The van der Waals surface area contributed by atoms with E-state index in [4.69, 9.17) is 21.8 Å². The normalized spacial score (nSPS) is 10.1. The number of halogens is 1. The second-order valence-corrected chi connectivity index (χ2v) is 2.49. The molecule has 0 aliphatic heterocycles. The average Bonchev–Trinajstić information content (AvgIpc) is 2.03. The molecule has 3 nitrogen and oxygen atoms in total. The van der Waals surface area contributed by atoms with E-state index in [0.29, 0.717) is 16.4 Å². The molecule has 0 saturated carbocycles. The van der Waals surface area contributed by atoms with Crippen LogP contribution >= 0.6 is 11.6 Å². The zero-order chi connectivity index (χ0) is 8.27. The molecule has 1 aromatic rings. The van der Waals surface area contributed by atoms with Gasteiger partial charge in [0.15, 0.2) is 0 Å². The Morgan fingerprint density at radius 3 is 2.55 bits per heavy atom. The molecule has 1 heterocycles. The minimum Gasteiger partial charge on any atom is -0.392 e. The average molecular weight is 174 g/mol. The lowest BCUT2D eigenvalue weighted by Gasteiger charge is -1.99. The van der Waals surface area contributed by atoms with Gasteiger partial charge in [-0.3, -0.25) is 0 Å². The van der Waals surface area contributed by atoms with Crippen LogP contribution < -0.4 is 0 Å². The largest absolute Gasteiger partial charge is 0.392 e. The second kappa shape index (κ2) is 3.67. The number of hydrogen-bond donors (Lipinski definition) is 2. The Labute approximate surface area is 69.3 Å². The maximum atomic E-state index is 8.71. The van der Waals surface area contributed by atoms with Crippen molar-refractivity contribution >= 4 is 11.6 Å². The van der Waals surface area contributed by atoms with Crippen molar-refractivity contribution in [2.45, 2.75) is 13.2 Å². The van der Waals surface area contributed by atoms with Crippen LogP contribution in [0.15, 0.2) is 12.1 Å². The third-order valence-corrected chi connectivity index (χ3v) is 1.45. The number of hydrogen-bond acceptors (Lipinski definition) is 3. The standard InChI is InChI=1S/C7H8ClNO2/c8-7-2-5(3-10)1-6(4-11)9-7/h1-2,10-11H,3-4H2. The maximum Gasteiger partial charge on any atom is 0.129 e. The minimum absolute atomic E-state index is 0.0881. The fourth-order valence-electron chi connectivity index (χ4n) is 0.783. The van der Waals surface area contributed by atoms with E-state index in [1.54, 1.807) is 12.1 Å². The van der Waals surface area contributed by atoms with Gasteiger partial charge in [-0.15, -0.1) is 0 Å². The van der Waals surface area contributed by atoms with Gasteiger partial charge in [0.2, 0.25) is 0 Å². The van der Waals surface area contributed by atoms with E-state index in [9.17, 15) is 0 Å². The fourth-order valence-corrected chi connectivity index (χ4v) is 1.03. The van der Waals surface area contributed by atoms with Gasteiger partial charge in [-0.2, -0.15) is 0 Å². The molecule has 0 radical (unpaired) electrons. The predicted octanol–water partition coefficient (Wildman–Crippen LogP) is 0.720. The van der Waals surface area contributed by atoms with Gasteiger partial charge in [0.1, 0.15) is 5.15 Å². The Balaban J connectivity index is 3.02. The molecule has 0 bridgehead atoms. The highest BCUT2D eigenvalue weighted by molar-refractivity contribution is 6.29. The van der Waals surface area contributed by atoms with E-state index in [2.05, 4.69) is 4.98 Å². The van der Waals surface area contributed by atoms with E-state index >= 15 is 0 Å². The van der Waals surface area contributed by atoms with Crippen LogP contribution in [0.3, 0.4) is 0 Å². The predicted molar refractivity (Wildman–Crippen MR) is 41.1 cm³/mol. The van der Waals surface area contributed by atoms with E-state index in [1.165, 1.54) is 0 Å². The summed E-state index contributed by atoms with van der Waals surface area (Å²) in [4.78, 5) is 3.80. The van der Waals surface area contributed by atoms with Crippen LogP contribution in [-0.2, 0) is 13.2 Å². The first kappa shape index (κ1) is 8.46. The van der Waals surface area contributed by atoms with Crippen LogP contribution in [0.4, 0.5) is 0 Å². The molecule has 4 heteroatoms. The number of nitrogens with zero attached hydrogens (tertiary/aromatic N) is 1. The highest BCUT2D eigenvalue weighted by atomic mass is 35.5. The molecule has 1 aromatic heterocycles. The Bertz CT molecular complexity index is 230. The number of aromatic nitrogens is 1. The summed E-state index contributed by atoms with van der Waals surface area (Å²) in [6.07, 6.45) is 0. The Morgan fingerprint density at radius 1 is 1.27 bits per heavy atom. The Morgan fingerprint density at radius 2 is 2.00 bits per heavy atom. The molecule has 0 fully saturated rings. The third-order valence-electron chi connectivity index (χ3n) is 1.25. The minimum atomic E-state index is -0.159. The first-order valence-corrected chi connectivity index (χ1v) is 3.51. The lowest BCUT2D eigenvalue weighted by atomic mass is 10.2. The van der Waals surface area contributed by atoms with Gasteiger partial charge in [-0.25, -0.2) is 4.98 Å². The molecular formula is C7H8ClNO2. The molecule has 0 saturated heterocycles. The summed E-state index contributed by atoms with van der Waals surface area (Å²) in [5, 5.41) is 17.7. The van der Waals surface area contributed by atoms with Gasteiger partial charge in [-0.05, 0) is 17.7 Å². The quantitative estimate of drug-likeness (QED) is 0.648. The van der Waals surface area contributed by atoms with Crippen molar-refractivity contribution in [2.75, 3.05) is 0 Å². The van der Waals surface area contributed by atoms with Crippen molar-refractivity contribution < 1.29 is 10.2 Å². The van der Waals surface area contributed by atoms with E-state index in [1.807, 2.05) is 0 Å². The molecule has 0 unspecified atom stereocenters. The van der Waals surface area contributed by atoms with Crippen LogP contribution in [0.25, 0.3) is 0 Å². The summed E-state index contributed by atoms with van der Waals surface area (Å²) >= 11 is 5.57. The summed E-state index contributed by atoms with van der Waals surface area (Å²) in [6.45, 7) is -0.247. The van der Waals surface area contributed by atoms with E-state index < -0.39 is 0 Å². The van der Waals surface area contributed by atoms with Gasteiger partial charge in [0, 0.05) is 0 Å². The Kier molecular flexibility index (Phi) is 2.82. The van der Waals surface area contributed by atoms with Crippen LogP contribution in [0.5, 0.6) is 0 Å². The van der Waals surface area contributed by atoms with E-state index in [0.717, 1.165) is 0 Å². The number of aliphatic hydroxyl groups is 2.